The molecule has 8 heteroatoms. The molecule has 0 N–H and O–H groups in total. The third-order valence-corrected chi connectivity index (χ3v) is 6.08. The fourth-order valence-corrected chi connectivity index (χ4v) is 4.10. The maximum absolute atomic E-state index is 12.8. The number of carbonyl (C=O) groups excluding carboxylic acids is 2. The summed E-state index contributed by atoms with van der Waals surface area (Å²) in [5.74, 6) is -0.909. The quantitative estimate of drug-likeness (QED) is 0.384. The standard InChI is InChI=1S/C27H25N3O5/c1-17-3-7-19(8-4-17)26(31)33-15-23-22(35-27(32)20-9-5-18(2)6-10-20)13-24(34-23)30-12-11-21-14-28-16-29-25(21)30/h3-12,14,16,22-24H,13,15H2,1-2H3/t22-,23+,24?/m0/s1. The van der Waals surface area contributed by atoms with Crippen LogP contribution in [-0.4, -0.2) is 45.3 Å². The molecule has 35 heavy (non-hydrogen) atoms. The van der Waals surface area contributed by atoms with E-state index in [1.807, 2.05) is 54.9 Å². The van der Waals surface area contributed by atoms with Crippen LogP contribution in [0.5, 0.6) is 0 Å². The fourth-order valence-electron chi connectivity index (χ4n) is 4.10. The van der Waals surface area contributed by atoms with Crippen LogP contribution >= 0.6 is 0 Å². The van der Waals surface area contributed by atoms with Crippen molar-refractivity contribution in [1.82, 2.24) is 14.5 Å². The highest BCUT2D eigenvalue weighted by Gasteiger charge is 2.40. The molecule has 0 aliphatic carbocycles. The van der Waals surface area contributed by atoms with Crippen LogP contribution in [-0.2, 0) is 14.2 Å². The van der Waals surface area contributed by atoms with E-state index in [1.165, 1.54) is 6.33 Å². The topological polar surface area (TPSA) is 92.5 Å². The van der Waals surface area contributed by atoms with Crippen LogP contribution < -0.4 is 0 Å². The minimum Gasteiger partial charge on any atom is -0.459 e. The number of benzene rings is 2. The molecule has 1 aliphatic heterocycles. The van der Waals surface area contributed by atoms with E-state index in [0.29, 0.717) is 23.2 Å². The summed E-state index contributed by atoms with van der Waals surface area (Å²) < 4.78 is 19.5. The number of hydrogen-bond acceptors (Lipinski definition) is 7. The summed E-state index contributed by atoms with van der Waals surface area (Å²) in [5, 5.41) is 0.874. The second-order valence-corrected chi connectivity index (χ2v) is 8.66. The Morgan fingerprint density at radius 2 is 1.63 bits per heavy atom. The average molecular weight is 472 g/mol. The largest absolute Gasteiger partial charge is 0.459 e. The van der Waals surface area contributed by atoms with Crippen molar-refractivity contribution < 1.29 is 23.8 Å². The molecule has 0 spiro atoms. The lowest BCUT2D eigenvalue weighted by Gasteiger charge is -2.19. The van der Waals surface area contributed by atoms with Gasteiger partial charge < -0.3 is 18.8 Å². The van der Waals surface area contributed by atoms with Gasteiger partial charge in [-0.3, -0.25) is 0 Å². The zero-order valence-electron chi connectivity index (χ0n) is 19.5. The minimum absolute atomic E-state index is 0.0523. The molecule has 3 heterocycles. The highest BCUT2D eigenvalue weighted by Crippen LogP contribution is 2.34. The SMILES string of the molecule is Cc1ccc(C(=O)OC[C@H]2OC(n3ccc4cncnc43)C[C@@H]2OC(=O)c2ccc(C)cc2)cc1. The molecule has 1 unspecified atom stereocenters. The smallest absolute Gasteiger partial charge is 0.338 e. The first-order chi connectivity index (χ1) is 17.0. The van der Waals surface area contributed by atoms with Crippen LogP contribution in [0.25, 0.3) is 11.0 Å². The van der Waals surface area contributed by atoms with Gasteiger partial charge in [0.2, 0.25) is 0 Å². The Balaban J connectivity index is 1.34. The molecule has 3 atom stereocenters. The number of aromatic nitrogens is 3. The van der Waals surface area contributed by atoms with Crippen molar-refractivity contribution in [2.45, 2.75) is 38.7 Å². The maximum Gasteiger partial charge on any atom is 0.338 e. The van der Waals surface area contributed by atoms with Gasteiger partial charge in [-0.15, -0.1) is 0 Å². The molecule has 1 saturated heterocycles. The van der Waals surface area contributed by atoms with Crippen LogP contribution in [0.4, 0.5) is 0 Å². The highest BCUT2D eigenvalue weighted by molar-refractivity contribution is 5.90. The van der Waals surface area contributed by atoms with Crippen molar-refractivity contribution in [3.63, 3.8) is 0 Å². The van der Waals surface area contributed by atoms with E-state index in [2.05, 4.69) is 9.97 Å². The van der Waals surface area contributed by atoms with E-state index in [-0.39, 0.29) is 6.61 Å². The van der Waals surface area contributed by atoms with E-state index in [1.54, 1.807) is 30.5 Å². The lowest BCUT2D eigenvalue weighted by atomic mass is 10.1. The molecule has 0 bridgehead atoms. The van der Waals surface area contributed by atoms with Gasteiger partial charge >= 0.3 is 11.9 Å². The van der Waals surface area contributed by atoms with Crippen LogP contribution in [0, 0.1) is 13.8 Å². The van der Waals surface area contributed by atoms with Crippen molar-refractivity contribution in [2.75, 3.05) is 6.61 Å². The number of esters is 2. The van der Waals surface area contributed by atoms with Crippen molar-refractivity contribution in [1.29, 1.82) is 0 Å². The average Bonchev–Trinajstić information content (AvgIpc) is 3.47. The van der Waals surface area contributed by atoms with Crippen LogP contribution in [0.3, 0.4) is 0 Å². The molecule has 178 valence electrons. The van der Waals surface area contributed by atoms with Crippen LogP contribution in [0.15, 0.2) is 73.3 Å². The van der Waals surface area contributed by atoms with Gasteiger partial charge in [0, 0.05) is 24.2 Å². The van der Waals surface area contributed by atoms with E-state index in [0.717, 1.165) is 16.5 Å². The lowest BCUT2D eigenvalue weighted by molar-refractivity contribution is -0.0562. The molecule has 5 rings (SSSR count). The summed E-state index contributed by atoms with van der Waals surface area (Å²) in [6, 6.07) is 16.2. The Bertz CT molecular complexity index is 1350. The Hall–Kier alpha value is -4.04. The lowest BCUT2D eigenvalue weighted by Crippen LogP contribution is -2.32. The predicted molar refractivity (Wildman–Crippen MR) is 128 cm³/mol. The molecule has 0 saturated carbocycles. The predicted octanol–water partition coefficient (Wildman–Crippen LogP) is 4.42. The van der Waals surface area contributed by atoms with Crippen LogP contribution in [0.2, 0.25) is 0 Å². The molecular formula is C27H25N3O5. The van der Waals surface area contributed by atoms with E-state index >= 15 is 0 Å². The van der Waals surface area contributed by atoms with Gasteiger partial charge in [-0.1, -0.05) is 35.4 Å². The van der Waals surface area contributed by atoms with Gasteiger partial charge in [-0.2, -0.15) is 0 Å². The maximum atomic E-state index is 12.8. The third kappa shape index (κ3) is 4.93. The first-order valence-corrected chi connectivity index (χ1v) is 11.4. The van der Waals surface area contributed by atoms with E-state index in [4.69, 9.17) is 14.2 Å². The number of carbonyl (C=O) groups is 2. The number of hydrogen-bond donors (Lipinski definition) is 0. The zero-order valence-corrected chi connectivity index (χ0v) is 19.5. The molecular weight excluding hydrogens is 446 g/mol. The second kappa shape index (κ2) is 9.68. The van der Waals surface area contributed by atoms with Crippen molar-refractivity contribution in [2.24, 2.45) is 0 Å². The van der Waals surface area contributed by atoms with Gasteiger partial charge in [0.1, 0.15) is 37.0 Å². The fraction of sp³-hybridized carbons (Fsp3) is 0.259. The normalized spacial score (nSPS) is 19.5. The number of rotatable bonds is 6. The summed E-state index contributed by atoms with van der Waals surface area (Å²) in [5.41, 5.74) is 3.72. The van der Waals surface area contributed by atoms with Crippen LogP contribution in [0.1, 0.15) is 44.5 Å². The van der Waals surface area contributed by atoms with Gasteiger partial charge in [0.25, 0.3) is 0 Å². The Morgan fingerprint density at radius 3 is 2.31 bits per heavy atom. The zero-order chi connectivity index (χ0) is 24.4. The van der Waals surface area contributed by atoms with Crippen molar-refractivity contribution in [3.8, 4) is 0 Å². The summed E-state index contributed by atoms with van der Waals surface area (Å²) in [6.45, 7) is 3.85. The van der Waals surface area contributed by atoms with Gasteiger partial charge in [0.05, 0.1) is 11.1 Å². The number of ether oxygens (including phenoxy) is 3. The van der Waals surface area contributed by atoms with E-state index < -0.39 is 30.4 Å². The monoisotopic (exact) mass is 471 g/mol. The summed E-state index contributed by atoms with van der Waals surface area (Å²) in [7, 11) is 0. The highest BCUT2D eigenvalue weighted by atomic mass is 16.6. The Morgan fingerprint density at radius 1 is 0.971 bits per heavy atom. The number of aryl methyl sites for hydroxylation is 2. The molecule has 0 radical (unpaired) electrons. The number of fused-ring (bicyclic) bond motifs is 1. The van der Waals surface area contributed by atoms with Gasteiger partial charge in [-0.05, 0) is 44.2 Å². The molecule has 0 amide bonds. The Labute approximate surface area is 202 Å². The minimum atomic E-state index is -0.636. The van der Waals surface area contributed by atoms with E-state index in [9.17, 15) is 9.59 Å². The van der Waals surface area contributed by atoms with Gasteiger partial charge in [-0.25, -0.2) is 19.6 Å². The van der Waals surface area contributed by atoms with Crippen molar-refractivity contribution >= 4 is 23.0 Å². The summed E-state index contributed by atoms with van der Waals surface area (Å²) in [6.07, 6.45) is 3.76. The molecule has 4 aromatic rings. The molecule has 1 fully saturated rings. The summed E-state index contributed by atoms with van der Waals surface area (Å²) >= 11 is 0. The number of nitrogens with zero attached hydrogens (tertiary/aromatic N) is 3. The van der Waals surface area contributed by atoms with Gasteiger partial charge in [0.15, 0.2) is 0 Å². The molecule has 1 aliphatic rings. The molecule has 2 aromatic carbocycles. The molecule has 2 aromatic heterocycles. The second-order valence-electron chi connectivity index (χ2n) is 8.66. The Kier molecular flexibility index (Phi) is 6.29. The van der Waals surface area contributed by atoms with Crippen molar-refractivity contribution in [3.05, 3.63) is 95.6 Å². The first kappa shape index (κ1) is 22.7. The third-order valence-electron chi connectivity index (χ3n) is 6.08. The summed E-state index contributed by atoms with van der Waals surface area (Å²) in [4.78, 5) is 33.8. The molecule has 8 nitrogen and oxygen atoms in total. The first-order valence-electron chi connectivity index (χ1n) is 11.4.